The molecule has 4 aromatic rings. The average Bonchev–Trinajstić information content (AvgIpc) is 3.19. The van der Waals surface area contributed by atoms with E-state index in [0.29, 0.717) is 17.5 Å². The van der Waals surface area contributed by atoms with Gasteiger partial charge in [-0.1, -0.05) is 0 Å². The minimum Gasteiger partial charge on any atom is -0.480 e. The van der Waals surface area contributed by atoms with Gasteiger partial charge in [-0.25, -0.2) is 9.50 Å². The molecule has 4 aromatic heterocycles. The topological polar surface area (TPSA) is 93.0 Å². The Morgan fingerprint density at radius 1 is 1.23 bits per heavy atom. The normalized spacial score (nSPS) is 11.2. The lowest BCUT2D eigenvalue weighted by atomic mass is 10.1. The van der Waals surface area contributed by atoms with E-state index < -0.39 is 0 Å². The summed E-state index contributed by atoms with van der Waals surface area (Å²) in [7, 11) is 3.35. The van der Waals surface area contributed by atoms with Crippen molar-refractivity contribution in [2.45, 2.75) is 0 Å². The van der Waals surface area contributed by atoms with Gasteiger partial charge < -0.3 is 15.0 Å². The molecule has 2 N–H and O–H groups in total. The van der Waals surface area contributed by atoms with Crippen molar-refractivity contribution in [3.8, 4) is 17.1 Å². The van der Waals surface area contributed by atoms with Gasteiger partial charge in [0.15, 0.2) is 5.65 Å². The number of nitrogens with zero attached hydrogens (tertiary/aromatic N) is 5. The molecule has 0 saturated heterocycles. The Hall–Kier alpha value is -3.16. The summed E-state index contributed by atoms with van der Waals surface area (Å²) in [6, 6.07) is 3.75. The van der Waals surface area contributed by atoms with Gasteiger partial charge in [0.25, 0.3) is 0 Å². The van der Waals surface area contributed by atoms with Crippen molar-refractivity contribution in [1.29, 1.82) is 0 Å². The SMILES string of the molecule is CNc1nc(OC)c2c(-c3ccn4nccc4n3)c[nH]c2n1. The van der Waals surface area contributed by atoms with Crippen molar-refractivity contribution in [2.24, 2.45) is 0 Å². The maximum Gasteiger partial charge on any atom is 0.228 e. The number of rotatable bonds is 3. The number of methoxy groups -OCH3 is 1. The number of aromatic nitrogens is 6. The zero-order valence-corrected chi connectivity index (χ0v) is 12.0. The van der Waals surface area contributed by atoms with E-state index in [9.17, 15) is 0 Å². The Morgan fingerprint density at radius 3 is 2.95 bits per heavy atom. The summed E-state index contributed by atoms with van der Waals surface area (Å²) < 4.78 is 7.12. The molecule has 0 fully saturated rings. The van der Waals surface area contributed by atoms with Crippen LogP contribution < -0.4 is 10.1 Å². The lowest BCUT2D eigenvalue weighted by Gasteiger charge is -2.06. The van der Waals surface area contributed by atoms with Crippen LogP contribution in [-0.2, 0) is 0 Å². The molecule has 0 unspecified atom stereocenters. The van der Waals surface area contributed by atoms with E-state index in [-0.39, 0.29) is 0 Å². The summed E-state index contributed by atoms with van der Waals surface area (Å²) in [6.07, 6.45) is 5.44. The van der Waals surface area contributed by atoms with E-state index >= 15 is 0 Å². The molecule has 0 aromatic carbocycles. The van der Waals surface area contributed by atoms with Gasteiger partial charge in [0.2, 0.25) is 11.8 Å². The number of anilines is 1. The molecule has 110 valence electrons. The first-order valence-electron chi connectivity index (χ1n) is 6.72. The van der Waals surface area contributed by atoms with Gasteiger partial charge in [0.05, 0.1) is 24.4 Å². The highest BCUT2D eigenvalue weighted by Crippen LogP contribution is 2.33. The number of aromatic amines is 1. The summed E-state index contributed by atoms with van der Waals surface area (Å²) in [5, 5.41) is 7.87. The Balaban J connectivity index is 1.98. The summed E-state index contributed by atoms with van der Waals surface area (Å²) in [6.45, 7) is 0. The zero-order chi connectivity index (χ0) is 15.1. The minimum atomic E-state index is 0.497. The van der Waals surface area contributed by atoms with Crippen molar-refractivity contribution in [1.82, 2.24) is 29.5 Å². The van der Waals surface area contributed by atoms with Crippen molar-refractivity contribution in [3.63, 3.8) is 0 Å². The van der Waals surface area contributed by atoms with Gasteiger partial charge in [-0.2, -0.15) is 15.1 Å². The molecule has 8 nitrogen and oxygen atoms in total. The molecular formula is C14H13N7O. The van der Waals surface area contributed by atoms with Crippen LogP contribution in [0.2, 0.25) is 0 Å². The quantitative estimate of drug-likeness (QED) is 0.598. The first-order valence-corrected chi connectivity index (χ1v) is 6.72. The second-order valence-corrected chi connectivity index (χ2v) is 4.68. The highest BCUT2D eigenvalue weighted by atomic mass is 16.5. The average molecular weight is 295 g/mol. The number of hydrogen-bond donors (Lipinski definition) is 2. The number of hydrogen-bond acceptors (Lipinski definition) is 6. The Kier molecular flexibility index (Phi) is 2.68. The van der Waals surface area contributed by atoms with Crippen LogP contribution in [0.15, 0.2) is 30.7 Å². The molecular weight excluding hydrogens is 282 g/mol. The van der Waals surface area contributed by atoms with E-state index in [1.54, 1.807) is 24.9 Å². The van der Waals surface area contributed by atoms with Crippen LogP contribution in [0.25, 0.3) is 27.9 Å². The van der Waals surface area contributed by atoms with Gasteiger partial charge in [0, 0.05) is 31.1 Å². The number of H-pyrrole nitrogens is 1. The molecule has 0 bridgehead atoms. The second-order valence-electron chi connectivity index (χ2n) is 4.68. The van der Waals surface area contributed by atoms with E-state index in [1.165, 1.54) is 0 Å². The first-order chi connectivity index (χ1) is 10.8. The largest absolute Gasteiger partial charge is 0.480 e. The smallest absolute Gasteiger partial charge is 0.228 e. The van der Waals surface area contributed by atoms with Crippen LogP contribution in [0.5, 0.6) is 5.88 Å². The Bertz CT molecular complexity index is 972. The van der Waals surface area contributed by atoms with Gasteiger partial charge in [-0.3, -0.25) is 0 Å². The summed E-state index contributed by atoms with van der Waals surface area (Å²) in [5.41, 5.74) is 3.16. The van der Waals surface area contributed by atoms with Crippen molar-refractivity contribution in [2.75, 3.05) is 19.5 Å². The summed E-state index contributed by atoms with van der Waals surface area (Å²) in [4.78, 5) is 16.5. The lowest BCUT2D eigenvalue weighted by Crippen LogP contribution is -1.99. The maximum absolute atomic E-state index is 5.41. The van der Waals surface area contributed by atoms with Crippen LogP contribution in [0.1, 0.15) is 0 Å². The van der Waals surface area contributed by atoms with Gasteiger partial charge in [0.1, 0.15) is 5.65 Å². The third kappa shape index (κ3) is 1.77. The maximum atomic E-state index is 5.41. The second kappa shape index (κ2) is 4.69. The molecule has 0 aliphatic heterocycles. The van der Waals surface area contributed by atoms with Crippen molar-refractivity contribution in [3.05, 3.63) is 30.7 Å². The highest BCUT2D eigenvalue weighted by Gasteiger charge is 2.16. The van der Waals surface area contributed by atoms with Crippen molar-refractivity contribution < 1.29 is 4.74 Å². The molecule has 0 aliphatic carbocycles. The van der Waals surface area contributed by atoms with Crippen molar-refractivity contribution >= 4 is 22.6 Å². The van der Waals surface area contributed by atoms with E-state index in [0.717, 1.165) is 22.3 Å². The monoisotopic (exact) mass is 295 g/mol. The molecule has 4 heterocycles. The van der Waals surface area contributed by atoms with Crippen LogP contribution in [0, 0.1) is 0 Å². The molecule has 4 rings (SSSR count). The fraction of sp³-hybridized carbons (Fsp3) is 0.143. The van der Waals surface area contributed by atoms with Gasteiger partial charge >= 0.3 is 0 Å². The predicted molar refractivity (Wildman–Crippen MR) is 82.0 cm³/mol. The third-order valence-electron chi connectivity index (χ3n) is 3.45. The van der Waals surface area contributed by atoms with Crippen LogP contribution >= 0.6 is 0 Å². The molecule has 8 heteroatoms. The Morgan fingerprint density at radius 2 is 2.14 bits per heavy atom. The summed E-state index contributed by atoms with van der Waals surface area (Å²) >= 11 is 0. The first kappa shape index (κ1) is 12.6. The molecule has 0 atom stereocenters. The molecule has 0 spiro atoms. The predicted octanol–water partition coefficient (Wildman–Crippen LogP) is 1.72. The van der Waals surface area contributed by atoms with E-state index in [1.807, 2.05) is 24.5 Å². The van der Waals surface area contributed by atoms with Crippen LogP contribution in [-0.4, -0.2) is 43.7 Å². The molecule has 0 saturated carbocycles. The number of nitrogens with one attached hydrogen (secondary N) is 2. The fourth-order valence-corrected chi connectivity index (χ4v) is 2.42. The minimum absolute atomic E-state index is 0.497. The molecule has 22 heavy (non-hydrogen) atoms. The van der Waals surface area contributed by atoms with E-state index in [2.05, 4.69) is 30.4 Å². The van der Waals surface area contributed by atoms with Crippen LogP contribution in [0.3, 0.4) is 0 Å². The number of fused-ring (bicyclic) bond motifs is 2. The van der Waals surface area contributed by atoms with Gasteiger partial charge in [-0.05, 0) is 6.07 Å². The van der Waals surface area contributed by atoms with Gasteiger partial charge in [-0.15, -0.1) is 0 Å². The molecule has 0 amide bonds. The van der Waals surface area contributed by atoms with Crippen LogP contribution in [0.4, 0.5) is 5.95 Å². The number of ether oxygens (including phenoxy) is 1. The van der Waals surface area contributed by atoms with E-state index in [4.69, 9.17) is 4.74 Å². The molecule has 0 aliphatic rings. The molecule has 0 radical (unpaired) electrons. The fourth-order valence-electron chi connectivity index (χ4n) is 2.42. The zero-order valence-electron chi connectivity index (χ0n) is 12.0. The summed E-state index contributed by atoms with van der Waals surface area (Å²) in [5.74, 6) is 0.998. The lowest BCUT2D eigenvalue weighted by molar-refractivity contribution is 0.403. The highest BCUT2D eigenvalue weighted by molar-refractivity contribution is 5.97. The Labute approximate surface area is 125 Å². The standard InChI is InChI=1S/C14H13N7O/c1-15-14-19-12-11(13(20-14)22-2)8(7-16-12)9-4-6-21-10(18-9)3-5-17-21/h3-7H,1-2H3,(H2,15,16,19,20). The third-order valence-corrected chi connectivity index (χ3v) is 3.45.